The molecule has 4 heteroatoms. The molecule has 0 aliphatic carbocycles. The van der Waals surface area contributed by atoms with E-state index in [1.807, 2.05) is 30.3 Å². The molecule has 0 radical (unpaired) electrons. The fraction of sp³-hybridized carbons (Fsp3) is 0.368. The van der Waals surface area contributed by atoms with Crippen molar-refractivity contribution in [2.75, 3.05) is 27.8 Å². The molecule has 1 unspecified atom stereocenters. The van der Waals surface area contributed by atoms with Crippen LogP contribution in [-0.2, 0) is 11.3 Å². The van der Waals surface area contributed by atoms with Crippen molar-refractivity contribution in [1.82, 2.24) is 4.90 Å². The van der Waals surface area contributed by atoms with E-state index < -0.39 is 0 Å². The summed E-state index contributed by atoms with van der Waals surface area (Å²) in [6.07, 6.45) is 0.964. The maximum Gasteiger partial charge on any atom is 0.124 e. The van der Waals surface area contributed by atoms with Crippen molar-refractivity contribution in [1.29, 1.82) is 0 Å². The van der Waals surface area contributed by atoms with Crippen LogP contribution in [0, 0.1) is 0 Å². The van der Waals surface area contributed by atoms with Crippen LogP contribution in [0.3, 0.4) is 0 Å². The second kappa shape index (κ2) is 10.3. The largest absolute Gasteiger partial charge is 0.496 e. The van der Waals surface area contributed by atoms with Crippen molar-refractivity contribution >= 4 is 12.4 Å². The van der Waals surface area contributed by atoms with Crippen LogP contribution in [0.1, 0.15) is 23.6 Å². The molecule has 0 aliphatic heterocycles. The monoisotopic (exact) mass is 335 g/mol. The highest BCUT2D eigenvalue weighted by molar-refractivity contribution is 5.85. The van der Waals surface area contributed by atoms with Gasteiger partial charge in [-0.05, 0) is 32.1 Å². The Balaban J connectivity index is 0.00000264. The maximum atomic E-state index is 5.86. The standard InChI is InChI=1S/C19H25NO2.ClH/c1-20(2)18(16-9-5-4-6-10-16)13-14-22-15-17-11-7-8-12-19(17)21-3;/h4-12,18H,13-15H2,1-3H3;1H. The van der Waals surface area contributed by atoms with Crippen molar-refractivity contribution in [2.45, 2.75) is 19.1 Å². The van der Waals surface area contributed by atoms with E-state index in [0.717, 1.165) is 24.3 Å². The summed E-state index contributed by atoms with van der Waals surface area (Å²) >= 11 is 0. The summed E-state index contributed by atoms with van der Waals surface area (Å²) in [5.41, 5.74) is 2.42. The number of hydrogen-bond donors (Lipinski definition) is 0. The van der Waals surface area contributed by atoms with E-state index in [9.17, 15) is 0 Å². The molecule has 1 atom stereocenters. The van der Waals surface area contributed by atoms with Crippen LogP contribution in [0.4, 0.5) is 0 Å². The van der Waals surface area contributed by atoms with Gasteiger partial charge in [0, 0.05) is 18.2 Å². The van der Waals surface area contributed by atoms with Gasteiger partial charge >= 0.3 is 0 Å². The maximum absolute atomic E-state index is 5.86. The molecule has 126 valence electrons. The number of nitrogens with zero attached hydrogens (tertiary/aromatic N) is 1. The van der Waals surface area contributed by atoms with Gasteiger partial charge in [-0.1, -0.05) is 48.5 Å². The predicted octanol–water partition coefficient (Wildman–Crippen LogP) is 4.33. The van der Waals surface area contributed by atoms with Gasteiger partial charge in [0.15, 0.2) is 0 Å². The van der Waals surface area contributed by atoms with Crippen molar-refractivity contribution < 1.29 is 9.47 Å². The average molecular weight is 336 g/mol. The highest BCUT2D eigenvalue weighted by Gasteiger charge is 2.13. The Morgan fingerprint density at radius 3 is 2.26 bits per heavy atom. The molecule has 0 saturated heterocycles. The van der Waals surface area contributed by atoms with E-state index in [-0.39, 0.29) is 12.4 Å². The Bertz CT molecular complexity index is 560. The van der Waals surface area contributed by atoms with Crippen molar-refractivity contribution in [3.05, 3.63) is 65.7 Å². The van der Waals surface area contributed by atoms with Gasteiger partial charge in [-0.25, -0.2) is 0 Å². The molecule has 2 aromatic rings. The van der Waals surface area contributed by atoms with Crippen LogP contribution in [0.15, 0.2) is 54.6 Å². The zero-order valence-corrected chi connectivity index (χ0v) is 14.9. The second-order valence-electron chi connectivity index (χ2n) is 5.54. The van der Waals surface area contributed by atoms with E-state index in [1.54, 1.807) is 7.11 Å². The lowest BCUT2D eigenvalue weighted by Crippen LogP contribution is -2.21. The highest BCUT2D eigenvalue weighted by Crippen LogP contribution is 2.22. The first-order valence-corrected chi connectivity index (χ1v) is 7.63. The molecule has 2 aromatic carbocycles. The van der Waals surface area contributed by atoms with Crippen LogP contribution in [0.5, 0.6) is 5.75 Å². The summed E-state index contributed by atoms with van der Waals surface area (Å²) in [7, 11) is 5.91. The molecule has 0 amide bonds. The third kappa shape index (κ3) is 5.87. The quantitative estimate of drug-likeness (QED) is 0.670. The summed E-state index contributed by atoms with van der Waals surface area (Å²) in [6, 6.07) is 18.9. The Morgan fingerprint density at radius 1 is 0.957 bits per heavy atom. The first-order valence-electron chi connectivity index (χ1n) is 7.63. The minimum absolute atomic E-state index is 0. The molecule has 0 aliphatic rings. The lowest BCUT2D eigenvalue weighted by Gasteiger charge is -2.24. The minimum atomic E-state index is 0. The van der Waals surface area contributed by atoms with E-state index in [1.165, 1.54) is 5.56 Å². The number of halogens is 1. The number of methoxy groups -OCH3 is 1. The summed E-state index contributed by atoms with van der Waals surface area (Å²) in [5.74, 6) is 0.884. The second-order valence-corrected chi connectivity index (χ2v) is 5.54. The summed E-state index contributed by atoms with van der Waals surface area (Å²) in [4.78, 5) is 2.24. The molecule has 0 saturated carbocycles. The van der Waals surface area contributed by atoms with Crippen molar-refractivity contribution in [3.8, 4) is 5.75 Å². The zero-order chi connectivity index (χ0) is 15.8. The number of rotatable bonds is 8. The first kappa shape index (κ1) is 19.5. The smallest absolute Gasteiger partial charge is 0.124 e. The van der Waals surface area contributed by atoms with Crippen LogP contribution in [0.25, 0.3) is 0 Å². The normalized spacial score (nSPS) is 11.8. The molecule has 0 N–H and O–H groups in total. The fourth-order valence-corrected chi connectivity index (χ4v) is 2.60. The molecular weight excluding hydrogens is 310 g/mol. The average Bonchev–Trinajstić information content (AvgIpc) is 2.55. The molecule has 0 spiro atoms. The third-order valence-corrected chi connectivity index (χ3v) is 3.79. The summed E-state index contributed by atoms with van der Waals surface area (Å²) in [6.45, 7) is 1.30. The van der Waals surface area contributed by atoms with E-state index in [2.05, 4.69) is 43.3 Å². The molecule has 0 heterocycles. The molecule has 2 rings (SSSR count). The van der Waals surface area contributed by atoms with Gasteiger partial charge in [0.05, 0.1) is 13.7 Å². The number of para-hydroxylation sites is 1. The van der Waals surface area contributed by atoms with E-state index in [0.29, 0.717) is 12.6 Å². The van der Waals surface area contributed by atoms with E-state index >= 15 is 0 Å². The van der Waals surface area contributed by atoms with Crippen LogP contribution < -0.4 is 4.74 Å². The predicted molar refractivity (Wildman–Crippen MR) is 97.4 cm³/mol. The number of hydrogen-bond acceptors (Lipinski definition) is 3. The molecule has 0 fully saturated rings. The molecule has 0 aromatic heterocycles. The SMILES string of the molecule is COc1ccccc1COCCC(c1ccccc1)N(C)C.Cl. The van der Waals surface area contributed by atoms with Gasteiger partial charge in [0.1, 0.15) is 5.75 Å². The molecular formula is C19H26ClNO2. The van der Waals surface area contributed by atoms with E-state index in [4.69, 9.17) is 9.47 Å². The highest BCUT2D eigenvalue weighted by atomic mass is 35.5. The van der Waals surface area contributed by atoms with Gasteiger partial charge in [-0.2, -0.15) is 0 Å². The summed E-state index contributed by atoms with van der Waals surface area (Å²) in [5, 5.41) is 0. The zero-order valence-electron chi connectivity index (χ0n) is 14.1. The topological polar surface area (TPSA) is 21.7 Å². The minimum Gasteiger partial charge on any atom is -0.496 e. The third-order valence-electron chi connectivity index (χ3n) is 3.79. The van der Waals surface area contributed by atoms with Gasteiger partial charge in [0.25, 0.3) is 0 Å². The van der Waals surface area contributed by atoms with Crippen molar-refractivity contribution in [3.63, 3.8) is 0 Å². The van der Waals surface area contributed by atoms with Gasteiger partial charge in [-0.15, -0.1) is 12.4 Å². The van der Waals surface area contributed by atoms with Gasteiger partial charge in [-0.3, -0.25) is 0 Å². The Labute approximate surface area is 145 Å². The molecule has 0 bridgehead atoms. The van der Waals surface area contributed by atoms with Crippen molar-refractivity contribution in [2.24, 2.45) is 0 Å². The molecule has 3 nitrogen and oxygen atoms in total. The number of ether oxygens (including phenoxy) is 2. The van der Waals surface area contributed by atoms with Gasteiger partial charge in [0.2, 0.25) is 0 Å². The van der Waals surface area contributed by atoms with Crippen LogP contribution in [-0.4, -0.2) is 32.7 Å². The Kier molecular flexibility index (Phi) is 8.70. The summed E-state index contributed by atoms with van der Waals surface area (Å²) < 4.78 is 11.2. The lowest BCUT2D eigenvalue weighted by atomic mass is 10.0. The lowest BCUT2D eigenvalue weighted by molar-refractivity contribution is 0.0971. The Morgan fingerprint density at radius 2 is 1.61 bits per heavy atom. The first-order chi connectivity index (χ1) is 10.7. The molecule has 23 heavy (non-hydrogen) atoms. The number of benzene rings is 2. The van der Waals surface area contributed by atoms with Gasteiger partial charge < -0.3 is 14.4 Å². The fourth-order valence-electron chi connectivity index (χ4n) is 2.60. The Hall–Kier alpha value is -1.55. The van der Waals surface area contributed by atoms with Crippen LogP contribution in [0.2, 0.25) is 0 Å². The van der Waals surface area contributed by atoms with Crippen LogP contribution >= 0.6 is 12.4 Å².